The number of benzene rings is 2. The van der Waals surface area contributed by atoms with Crippen molar-refractivity contribution in [2.24, 2.45) is 29.1 Å². The lowest BCUT2D eigenvalue weighted by Crippen LogP contribution is -2.58. The van der Waals surface area contributed by atoms with Gasteiger partial charge >= 0.3 is 13.6 Å². The molecular formula is C36H42N3O6P. The van der Waals surface area contributed by atoms with Gasteiger partial charge in [-0.15, -0.1) is 0 Å². The van der Waals surface area contributed by atoms with Crippen molar-refractivity contribution in [3.05, 3.63) is 70.5 Å². The number of ether oxygens (including phenoxy) is 1. The quantitative estimate of drug-likeness (QED) is 0.195. The van der Waals surface area contributed by atoms with Crippen LogP contribution in [0.3, 0.4) is 0 Å². The van der Waals surface area contributed by atoms with Crippen molar-refractivity contribution in [2.45, 2.75) is 94.8 Å². The molecule has 10 heteroatoms. The van der Waals surface area contributed by atoms with E-state index >= 15 is 0 Å². The number of piperidine rings is 2. The molecule has 242 valence electrons. The Hall–Kier alpha value is -2.84. The second kappa shape index (κ2) is 10.8. The van der Waals surface area contributed by atoms with Gasteiger partial charge in [-0.05, 0) is 118 Å². The summed E-state index contributed by atoms with van der Waals surface area (Å²) in [7, 11) is -4.72. The number of carbonyl (C=O) groups excluding carboxylic acids is 1. The van der Waals surface area contributed by atoms with E-state index in [0.717, 1.165) is 54.8 Å². The minimum atomic E-state index is -4.72. The average Bonchev–Trinajstić information content (AvgIpc) is 3.48. The van der Waals surface area contributed by atoms with Gasteiger partial charge in [-0.25, -0.2) is 9.78 Å². The molecule has 5 aliphatic carbocycles. The van der Waals surface area contributed by atoms with Gasteiger partial charge in [0.15, 0.2) is 0 Å². The predicted octanol–water partition coefficient (Wildman–Crippen LogP) is 5.81. The number of carbonyl (C=O) groups is 1. The van der Waals surface area contributed by atoms with Crippen LogP contribution in [0.15, 0.2) is 59.4 Å². The third-order valence-electron chi connectivity index (χ3n) is 12.9. The van der Waals surface area contributed by atoms with Crippen LogP contribution >= 0.6 is 7.60 Å². The molecule has 0 amide bonds. The van der Waals surface area contributed by atoms with E-state index in [9.17, 15) is 19.0 Å². The number of aromatic nitrogens is 2. The number of rotatable bonds is 7. The molecule has 2 aromatic carbocycles. The largest absolute Gasteiger partial charge is 0.434 e. The highest BCUT2D eigenvalue weighted by Gasteiger charge is 2.70. The zero-order valence-electron chi connectivity index (χ0n) is 26.1. The molecule has 3 heterocycles. The zero-order valence-corrected chi connectivity index (χ0v) is 27.0. The Labute approximate surface area is 268 Å². The second-order valence-corrected chi connectivity index (χ2v) is 16.9. The minimum Gasteiger partial charge on any atom is -0.434 e. The first-order valence-corrected chi connectivity index (χ1v) is 18.9. The van der Waals surface area contributed by atoms with E-state index in [1.165, 1.54) is 44.9 Å². The topological polar surface area (TPSA) is 111 Å². The second-order valence-electron chi connectivity index (χ2n) is 15.1. The summed E-state index contributed by atoms with van der Waals surface area (Å²) in [6.07, 6.45) is 13.7. The van der Waals surface area contributed by atoms with E-state index in [1.54, 1.807) is 41.0 Å². The summed E-state index contributed by atoms with van der Waals surface area (Å²) < 4.78 is 25.6. The van der Waals surface area contributed by atoms with E-state index in [-0.39, 0.29) is 6.04 Å². The molecule has 1 aromatic heterocycles. The summed E-state index contributed by atoms with van der Waals surface area (Å²) in [6, 6.07) is 17.0. The van der Waals surface area contributed by atoms with Crippen molar-refractivity contribution in [3.8, 4) is 0 Å². The number of hydrogen-bond donors (Lipinski definition) is 1. The van der Waals surface area contributed by atoms with E-state index in [1.807, 2.05) is 18.2 Å². The molecule has 2 aliphatic heterocycles. The first kappa shape index (κ1) is 29.3. The minimum absolute atomic E-state index is 0.106. The van der Waals surface area contributed by atoms with Crippen LogP contribution in [0, 0.1) is 29.1 Å². The first-order chi connectivity index (χ1) is 22.3. The van der Waals surface area contributed by atoms with Crippen LogP contribution in [-0.4, -0.2) is 50.2 Å². The molecule has 3 unspecified atom stereocenters. The predicted molar refractivity (Wildman–Crippen MR) is 173 cm³/mol. The molecule has 0 radical (unpaired) electrons. The van der Waals surface area contributed by atoms with E-state index < -0.39 is 31.4 Å². The molecule has 7 fully saturated rings. The molecule has 10 rings (SSSR count). The maximum atomic E-state index is 14.2. The van der Waals surface area contributed by atoms with E-state index in [4.69, 9.17) is 9.26 Å². The number of hydrogen-bond acceptors (Lipinski definition) is 7. The Bertz CT molecular complexity index is 1780. The van der Waals surface area contributed by atoms with Crippen molar-refractivity contribution in [1.82, 2.24) is 14.5 Å². The normalized spacial score (nSPS) is 37.3. The van der Waals surface area contributed by atoms with Crippen molar-refractivity contribution in [1.29, 1.82) is 0 Å². The van der Waals surface area contributed by atoms with Crippen LogP contribution in [0.25, 0.3) is 11.0 Å². The lowest BCUT2D eigenvalue weighted by Gasteiger charge is -2.54. The highest BCUT2D eigenvalue weighted by atomic mass is 31.2. The summed E-state index contributed by atoms with van der Waals surface area (Å²) in [5, 5.41) is 0. The molecule has 1 N–H and O–H groups in total. The molecule has 7 aliphatic rings. The van der Waals surface area contributed by atoms with Crippen molar-refractivity contribution < 1.29 is 23.5 Å². The molecule has 9 nitrogen and oxygen atoms in total. The SMILES string of the molecule is O=C(OCOP(=O)(O)c1nc2ccccc2n(C2C[C@H]3CCC[C@@H](C2)N3[C@@H]2C[C@H]3C[C@H]4C[C@@H](C2)[C@@H]2CC42C3)c1=O)c1ccccc1. The van der Waals surface area contributed by atoms with Gasteiger partial charge in [-0.1, -0.05) is 36.8 Å². The van der Waals surface area contributed by atoms with Gasteiger partial charge in [0, 0.05) is 24.2 Å². The summed E-state index contributed by atoms with van der Waals surface area (Å²) in [4.78, 5) is 44.8. The summed E-state index contributed by atoms with van der Waals surface area (Å²) >= 11 is 0. The molecule has 46 heavy (non-hydrogen) atoms. The Kier molecular flexibility index (Phi) is 6.91. The molecule has 3 aromatic rings. The van der Waals surface area contributed by atoms with Crippen LogP contribution in [0.5, 0.6) is 0 Å². The highest BCUT2D eigenvalue weighted by Crippen LogP contribution is 2.78. The lowest BCUT2D eigenvalue weighted by molar-refractivity contribution is -0.0351. The average molecular weight is 644 g/mol. The van der Waals surface area contributed by atoms with Gasteiger partial charge in [0.2, 0.25) is 12.2 Å². The Morgan fingerprint density at radius 1 is 0.913 bits per heavy atom. The van der Waals surface area contributed by atoms with Gasteiger partial charge < -0.3 is 14.2 Å². The van der Waals surface area contributed by atoms with Gasteiger partial charge in [0.1, 0.15) is 0 Å². The maximum Gasteiger partial charge on any atom is 0.385 e. The molecule has 2 saturated heterocycles. The smallest absolute Gasteiger partial charge is 0.385 e. The number of para-hydroxylation sites is 2. The van der Waals surface area contributed by atoms with Crippen LogP contribution in [0.1, 0.15) is 87.0 Å². The van der Waals surface area contributed by atoms with Gasteiger partial charge in [0.05, 0.1) is 16.6 Å². The summed E-state index contributed by atoms with van der Waals surface area (Å²) in [5.41, 5.74) is 1.05. The Morgan fingerprint density at radius 3 is 2.46 bits per heavy atom. The third-order valence-corrected chi connectivity index (χ3v) is 14.2. The zero-order chi connectivity index (χ0) is 31.2. The van der Waals surface area contributed by atoms with E-state index in [2.05, 4.69) is 9.88 Å². The van der Waals surface area contributed by atoms with Crippen LogP contribution in [-0.2, 0) is 13.8 Å². The van der Waals surface area contributed by atoms with Crippen LogP contribution in [0.2, 0.25) is 0 Å². The summed E-state index contributed by atoms with van der Waals surface area (Å²) in [5.74, 6) is 3.08. The molecular weight excluding hydrogens is 601 g/mol. The lowest BCUT2D eigenvalue weighted by atomic mass is 9.76. The molecule has 1 spiro atoms. The maximum absolute atomic E-state index is 14.2. The molecule has 5 saturated carbocycles. The third kappa shape index (κ3) is 4.68. The first-order valence-electron chi connectivity index (χ1n) is 17.3. The van der Waals surface area contributed by atoms with Crippen LogP contribution < -0.4 is 11.0 Å². The fraction of sp³-hybridized carbons (Fsp3) is 0.583. The molecule has 10 atom stereocenters. The Morgan fingerprint density at radius 2 is 1.67 bits per heavy atom. The van der Waals surface area contributed by atoms with Gasteiger partial charge in [0.25, 0.3) is 5.56 Å². The molecule has 6 bridgehead atoms. The number of nitrogens with zero attached hydrogens (tertiary/aromatic N) is 3. The fourth-order valence-corrected chi connectivity index (χ4v) is 12.1. The van der Waals surface area contributed by atoms with Crippen molar-refractivity contribution >= 4 is 30.0 Å². The van der Waals surface area contributed by atoms with E-state index in [0.29, 0.717) is 34.7 Å². The van der Waals surface area contributed by atoms with Gasteiger partial charge in [-0.3, -0.25) is 18.8 Å². The Balaban J connectivity index is 0.984. The standard InChI is InChI=1S/C36H42N3O6P/c40-34-33(46(42,43)45-21-44-35(41)23-7-2-1-3-8-23)37-31-11-4-5-12-32(31)39(34)29-17-26-9-6-10-27(18-29)38(26)28-14-22-13-25-15-24(16-28)30-20-36(25,30)19-22/h1-5,7-8,11-12,22,24-30H,6,9-10,13-21H2,(H,42,43)/t22-,24+,25+,26-,27+,28-,29?,30+,36?/m1/s1. The number of fused-ring (bicyclic) bond motifs is 6. The van der Waals surface area contributed by atoms with Crippen molar-refractivity contribution in [3.63, 3.8) is 0 Å². The highest BCUT2D eigenvalue weighted by molar-refractivity contribution is 7.60. The van der Waals surface area contributed by atoms with Crippen LogP contribution in [0.4, 0.5) is 0 Å². The number of esters is 1. The monoisotopic (exact) mass is 643 g/mol. The fourth-order valence-electron chi connectivity index (χ4n) is 11.2. The van der Waals surface area contributed by atoms with Crippen molar-refractivity contribution in [2.75, 3.05) is 6.79 Å². The summed E-state index contributed by atoms with van der Waals surface area (Å²) in [6.45, 7) is -0.774. The van der Waals surface area contributed by atoms with Gasteiger partial charge in [-0.2, -0.15) is 0 Å².